The van der Waals surface area contributed by atoms with Gasteiger partial charge in [-0.1, -0.05) is 59.3 Å². The molecule has 0 saturated heterocycles. The maximum Gasteiger partial charge on any atom is 0.0675 e. The molecular weight excluding hydrogens is 208 g/mol. The maximum atomic E-state index is 10.9. The van der Waals surface area contributed by atoms with Gasteiger partial charge in [-0.3, -0.25) is 0 Å². The van der Waals surface area contributed by atoms with Crippen LogP contribution >= 0.6 is 0 Å². The number of hydrogen-bond donors (Lipinski definition) is 1. The highest BCUT2D eigenvalue weighted by atomic mass is 16.3. The van der Waals surface area contributed by atoms with E-state index in [1.165, 1.54) is 51.4 Å². The van der Waals surface area contributed by atoms with Crippen molar-refractivity contribution in [2.24, 2.45) is 11.8 Å². The van der Waals surface area contributed by atoms with E-state index >= 15 is 0 Å². The van der Waals surface area contributed by atoms with Crippen molar-refractivity contribution >= 4 is 0 Å². The molecule has 0 amide bonds. The molecule has 0 aromatic rings. The summed E-state index contributed by atoms with van der Waals surface area (Å²) in [4.78, 5) is 0. The number of rotatable bonds is 7. The lowest BCUT2D eigenvalue weighted by Gasteiger charge is -2.39. The Kier molecular flexibility index (Phi) is 6.54. The molecule has 1 fully saturated rings. The molecule has 1 heteroatoms. The van der Waals surface area contributed by atoms with Gasteiger partial charge in [-0.2, -0.15) is 0 Å². The number of unbranched alkanes of at least 4 members (excludes halogenated alkanes) is 1. The van der Waals surface area contributed by atoms with Crippen LogP contribution in [0.3, 0.4) is 0 Å². The topological polar surface area (TPSA) is 20.2 Å². The molecule has 1 saturated carbocycles. The molecular formula is C16H32O. The fourth-order valence-corrected chi connectivity index (χ4v) is 3.50. The predicted molar refractivity (Wildman–Crippen MR) is 75.1 cm³/mol. The molecule has 1 nitrogen and oxygen atoms in total. The molecule has 0 spiro atoms. The minimum atomic E-state index is -0.367. The van der Waals surface area contributed by atoms with E-state index < -0.39 is 0 Å². The molecule has 0 heterocycles. The van der Waals surface area contributed by atoms with Crippen LogP contribution in [0.5, 0.6) is 0 Å². The van der Waals surface area contributed by atoms with E-state index in [0.717, 1.165) is 12.8 Å². The van der Waals surface area contributed by atoms with Gasteiger partial charge >= 0.3 is 0 Å². The SMILES string of the molecule is CCCCC(C)CC(O)(CC)C1CCCCC1. The van der Waals surface area contributed by atoms with Crippen LogP contribution in [0.2, 0.25) is 0 Å². The summed E-state index contributed by atoms with van der Waals surface area (Å²) in [5, 5.41) is 10.9. The van der Waals surface area contributed by atoms with E-state index in [0.29, 0.717) is 11.8 Å². The van der Waals surface area contributed by atoms with Crippen LogP contribution in [0.15, 0.2) is 0 Å². The summed E-state index contributed by atoms with van der Waals surface area (Å²) in [6.45, 7) is 6.74. The Labute approximate surface area is 108 Å². The minimum absolute atomic E-state index is 0.367. The van der Waals surface area contributed by atoms with E-state index in [9.17, 15) is 5.11 Å². The van der Waals surface area contributed by atoms with E-state index in [4.69, 9.17) is 0 Å². The van der Waals surface area contributed by atoms with Crippen molar-refractivity contribution in [2.45, 2.75) is 90.6 Å². The Morgan fingerprint density at radius 3 is 2.35 bits per heavy atom. The summed E-state index contributed by atoms with van der Waals surface area (Å²) in [6.07, 6.45) is 12.4. The largest absolute Gasteiger partial charge is 0.390 e. The van der Waals surface area contributed by atoms with Crippen molar-refractivity contribution in [3.05, 3.63) is 0 Å². The van der Waals surface area contributed by atoms with Gasteiger partial charge in [-0.25, -0.2) is 0 Å². The van der Waals surface area contributed by atoms with E-state index in [-0.39, 0.29) is 5.60 Å². The van der Waals surface area contributed by atoms with Gasteiger partial charge in [0.1, 0.15) is 0 Å². The Morgan fingerprint density at radius 2 is 1.82 bits per heavy atom. The molecule has 1 aliphatic rings. The van der Waals surface area contributed by atoms with Crippen LogP contribution in [-0.4, -0.2) is 10.7 Å². The maximum absolute atomic E-state index is 10.9. The van der Waals surface area contributed by atoms with Crippen LogP contribution in [-0.2, 0) is 0 Å². The monoisotopic (exact) mass is 240 g/mol. The van der Waals surface area contributed by atoms with Gasteiger partial charge < -0.3 is 5.11 Å². The van der Waals surface area contributed by atoms with Gasteiger partial charge in [0, 0.05) is 0 Å². The summed E-state index contributed by atoms with van der Waals surface area (Å²) < 4.78 is 0. The third kappa shape index (κ3) is 4.62. The zero-order chi connectivity index (χ0) is 12.7. The molecule has 102 valence electrons. The fourth-order valence-electron chi connectivity index (χ4n) is 3.50. The van der Waals surface area contributed by atoms with Gasteiger partial charge in [-0.05, 0) is 37.5 Å². The fraction of sp³-hybridized carbons (Fsp3) is 1.00. The Bertz CT molecular complexity index is 196. The van der Waals surface area contributed by atoms with Gasteiger partial charge in [0.15, 0.2) is 0 Å². The summed E-state index contributed by atoms with van der Waals surface area (Å²) in [7, 11) is 0. The summed E-state index contributed by atoms with van der Waals surface area (Å²) in [6, 6.07) is 0. The van der Waals surface area contributed by atoms with Gasteiger partial charge in [-0.15, -0.1) is 0 Å². The van der Waals surface area contributed by atoms with Gasteiger partial charge in [0.2, 0.25) is 0 Å². The first kappa shape index (κ1) is 15.0. The molecule has 2 unspecified atom stereocenters. The normalized spacial score (nSPS) is 23.3. The van der Waals surface area contributed by atoms with Crippen molar-refractivity contribution in [3.8, 4) is 0 Å². The van der Waals surface area contributed by atoms with E-state index in [2.05, 4.69) is 20.8 Å². The standard InChI is InChI=1S/C16H32O/c1-4-6-10-14(3)13-16(17,5-2)15-11-8-7-9-12-15/h14-15,17H,4-13H2,1-3H3. The highest BCUT2D eigenvalue weighted by Crippen LogP contribution is 2.39. The second-order valence-corrected chi connectivity index (χ2v) is 6.24. The Morgan fingerprint density at radius 1 is 1.18 bits per heavy atom. The summed E-state index contributed by atoms with van der Waals surface area (Å²) in [5.41, 5.74) is -0.367. The first-order valence-electron chi connectivity index (χ1n) is 7.84. The predicted octanol–water partition coefficient (Wildman–Crippen LogP) is 4.92. The van der Waals surface area contributed by atoms with Crippen molar-refractivity contribution in [3.63, 3.8) is 0 Å². The third-order valence-electron chi connectivity index (χ3n) is 4.73. The lowest BCUT2D eigenvalue weighted by Crippen LogP contribution is -2.40. The molecule has 0 bridgehead atoms. The zero-order valence-electron chi connectivity index (χ0n) is 12.2. The smallest absolute Gasteiger partial charge is 0.0675 e. The molecule has 0 aliphatic heterocycles. The lowest BCUT2D eigenvalue weighted by atomic mass is 9.71. The summed E-state index contributed by atoms with van der Waals surface area (Å²) >= 11 is 0. The van der Waals surface area contributed by atoms with Crippen molar-refractivity contribution in [2.75, 3.05) is 0 Å². The molecule has 0 aromatic heterocycles. The van der Waals surface area contributed by atoms with Crippen molar-refractivity contribution in [1.82, 2.24) is 0 Å². The van der Waals surface area contributed by atoms with E-state index in [1.54, 1.807) is 0 Å². The number of hydrogen-bond acceptors (Lipinski definition) is 1. The second kappa shape index (κ2) is 7.41. The van der Waals surface area contributed by atoms with Crippen LogP contribution in [0.4, 0.5) is 0 Å². The van der Waals surface area contributed by atoms with Gasteiger partial charge in [0.25, 0.3) is 0 Å². The first-order valence-corrected chi connectivity index (χ1v) is 7.84. The van der Waals surface area contributed by atoms with Crippen LogP contribution in [0.25, 0.3) is 0 Å². The quantitative estimate of drug-likeness (QED) is 0.669. The molecule has 17 heavy (non-hydrogen) atoms. The van der Waals surface area contributed by atoms with Crippen LogP contribution in [0.1, 0.15) is 85.0 Å². The first-order chi connectivity index (χ1) is 8.12. The van der Waals surface area contributed by atoms with E-state index in [1.807, 2.05) is 0 Å². The average molecular weight is 240 g/mol. The minimum Gasteiger partial charge on any atom is -0.390 e. The molecule has 0 aromatic carbocycles. The van der Waals surface area contributed by atoms with Crippen molar-refractivity contribution in [1.29, 1.82) is 0 Å². The van der Waals surface area contributed by atoms with Crippen molar-refractivity contribution < 1.29 is 5.11 Å². The van der Waals surface area contributed by atoms with Crippen LogP contribution < -0.4 is 0 Å². The molecule has 1 N–H and O–H groups in total. The Hall–Kier alpha value is -0.0400. The molecule has 0 radical (unpaired) electrons. The molecule has 2 atom stereocenters. The summed E-state index contributed by atoms with van der Waals surface area (Å²) in [5.74, 6) is 1.26. The second-order valence-electron chi connectivity index (χ2n) is 6.24. The molecule has 1 rings (SSSR count). The average Bonchev–Trinajstić information content (AvgIpc) is 2.37. The third-order valence-corrected chi connectivity index (χ3v) is 4.73. The van der Waals surface area contributed by atoms with Gasteiger partial charge in [0.05, 0.1) is 5.60 Å². The highest BCUT2D eigenvalue weighted by molar-refractivity contribution is 4.88. The van der Waals surface area contributed by atoms with Crippen LogP contribution in [0, 0.1) is 11.8 Å². The Balaban J connectivity index is 2.48. The lowest BCUT2D eigenvalue weighted by molar-refractivity contribution is -0.0543. The number of aliphatic hydroxyl groups is 1. The molecule has 1 aliphatic carbocycles. The zero-order valence-corrected chi connectivity index (χ0v) is 12.2. The highest BCUT2D eigenvalue weighted by Gasteiger charge is 2.36.